The molecule has 0 radical (unpaired) electrons. The minimum atomic E-state index is -0.230. The fraction of sp³-hybridized carbons (Fsp3) is 0.231. The van der Waals surface area contributed by atoms with Crippen molar-refractivity contribution in [2.45, 2.75) is 13.0 Å². The van der Waals surface area contributed by atoms with E-state index in [0.29, 0.717) is 29.9 Å². The molecule has 4 rings (SSSR count). The van der Waals surface area contributed by atoms with Crippen molar-refractivity contribution in [3.05, 3.63) is 101 Å². The van der Waals surface area contributed by atoms with Crippen LogP contribution in [-0.2, 0) is 6.54 Å². The Hall–Kier alpha value is -3.51. The minimum absolute atomic E-state index is 0.00503. The quantitative estimate of drug-likeness (QED) is 0.650. The molecule has 6 heteroatoms. The van der Waals surface area contributed by atoms with E-state index < -0.39 is 0 Å². The van der Waals surface area contributed by atoms with Crippen molar-refractivity contribution in [1.82, 2.24) is 9.80 Å². The molecule has 3 aromatic carbocycles. The van der Waals surface area contributed by atoms with E-state index in [-0.39, 0.29) is 17.6 Å². The smallest absolute Gasteiger partial charge is 0.255 e. The monoisotopic (exact) mass is 431 g/mol. The lowest BCUT2D eigenvalue weighted by atomic mass is 10.1. The third kappa shape index (κ3) is 5.59. The Morgan fingerprint density at radius 2 is 1.50 bits per heavy atom. The molecule has 1 aliphatic heterocycles. The summed E-state index contributed by atoms with van der Waals surface area (Å²) < 4.78 is 13.1. The molecular weight excluding hydrogens is 405 g/mol. The number of halogens is 1. The van der Waals surface area contributed by atoms with E-state index in [1.807, 2.05) is 23.1 Å². The van der Waals surface area contributed by atoms with Crippen LogP contribution >= 0.6 is 0 Å². The molecule has 1 heterocycles. The van der Waals surface area contributed by atoms with E-state index in [0.717, 1.165) is 31.6 Å². The summed E-state index contributed by atoms with van der Waals surface area (Å²) >= 11 is 0. The summed E-state index contributed by atoms with van der Waals surface area (Å²) in [6.45, 7) is 3.76. The van der Waals surface area contributed by atoms with E-state index >= 15 is 0 Å². The van der Waals surface area contributed by atoms with Crippen LogP contribution in [0, 0.1) is 5.82 Å². The van der Waals surface area contributed by atoms with Crippen molar-refractivity contribution >= 4 is 17.5 Å². The van der Waals surface area contributed by atoms with Crippen LogP contribution in [0.3, 0.4) is 0 Å². The van der Waals surface area contributed by atoms with Crippen molar-refractivity contribution < 1.29 is 14.0 Å². The second-order valence-corrected chi connectivity index (χ2v) is 7.95. The summed E-state index contributed by atoms with van der Waals surface area (Å²) in [5.41, 5.74) is 2.91. The van der Waals surface area contributed by atoms with Crippen LogP contribution in [0.4, 0.5) is 10.1 Å². The SMILES string of the molecule is O=C(Nc1ccc(C(=O)N2CCCN(Cc3ccc(F)cc3)CC2)cc1)c1ccccc1. The predicted octanol–water partition coefficient (Wildman–Crippen LogP) is 4.43. The van der Waals surface area contributed by atoms with Gasteiger partial charge in [0.2, 0.25) is 0 Å². The normalized spacial score (nSPS) is 14.6. The number of hydrogen-bond donors (Lipinski definition) is 1. The van der Waals surface area contributed by atoms with Gasteiger partial charge in [0.1, 0.15) is 5.82 Å². The minimum Gasteiger partial charge on any atom is -0.337 e. The van der Waals surface area contributed by atoms with Gasteiger partial charge in [-0.1, -0.05) is 30.3 Å². The van der Waals surface area contributed by atoms with Crippen molar-refractivity contribution in [2.75, 3.05) is 31.5 Å². The number of anilines is 1. The fourth-order valence-electron chi connectivity index (χ4n) is 3.85. The molecule has 0 bridgehead atoms. The third-order valence-electron chi connectivity index (χ3n) is 5.62. The van der Waals surface area contributed by atoms with Crippen molar-refractivity contribution in [1.29, 1.82) is 0 Å². The van der Waals surface area contributed by atoms with Gasteiger partial charge in [-0.25, -0.2) is 4.39 Å². The van der Waals surface area contributed by atoms with Gasteiger partial charge in [-0.15, -0.1) is 0 Å². The standard InChI is InChI=1S/C26H26FN3O2/c27-23-11-7-20(8-12-23)19-29-15-4-16-30(18-17-29)26(32)22-9-13-24(14-10-22)28-25(31)21-5-2-1-3-6-21/h1-3,5-14H,4,15-19H2,(H,28,31). The van der Waals surface area contributed by atoms with Crippen LogP contribution in [-0.4, -0.2) is 47.8 Å². The van der Waals surface area contributed by atoms with Gasteiger partial charge in [0.15, 0.2) is 0 Å². The number of carbonyl (C=O) groups is 2. The van der Waals surface area contributed by atoms with Crippen LogP contribution in [0.1, 0.15) is 32.7 Å². The topological polar surface area (TPSA) is 52.7 Å². The maximum Gasteiger partial charge on any atom is 0.255 e. The number of carbonyl (C=O) groups excluding carboxylic acids is 2. The van der Waals surface area contributed by atoms with Gasteiger partial charge < -0.3 is 10.2 Å². The van der Waals surface area contributed by atoms with E-state index in [9.17, 15) is 14.0 Å². The lowest BCUT2D eigenvalue weighted by molar-refractivity contribution is 0.0761. The third-order valence-corrected chi connectivity index (χ3v) is 5.62. The molecule has 0 aromatic heterocycles. The molecule has 0 saturated carbocycles. The Morgan fingerprint density at radius 1 is 0.781 bits per heavy atom. The highest BCUT2D eigenvalue weighted by Gasteiger charge is 2.20. The molecule has 3 aromatic rings. The van der Waals surface area contributed by atoms with Gasteiger partial charge in [-0.3, -0.25) is 14.5 Å². The summed E-state index contributed by atoms with van der Waals surface area (Å²) in [6.07, 6.45) is 0.887. The van der Waals surface area contributed by atoms with Crippen LogP contribution in [0.5, 0.6) is 0 Å². The first-order valence-electron chi connectivity index (χ1n) is 10.8. The number of hydrogen-bond acceptors (Lipinski definition) is 3. The first-order valence-corrected chi connectivity index (χ1v) is 10.8. The Kier molecular flexibility index (Phi) is 6.92. The molecule has 1 aliphatic rings. The molecule has 0 aliphatic carbocycles. The molecule has 1 N–H and O–H groups in total. The van der Waals surface area contributed by atoms with Crippen LogP contribution in [0.15, 0.2) is 78.9 Å². The van der Waals surface area contributed by atoms with E-state index in [1.54, 1.807) is 48.5 Å². The molecule has 164 valence electrons. The predicted molar refractivity (Wildman–Crippen MR) is 123 cm³/mol. The summed E-state index contributed by atoms with van der Waals surface area (Å²) in [7, 11) is 0. The zero-order chi connectivity index (χ0) is 22.3. The first kappa shape index (κ1) is 21.7. The maximum absolute atomic E-state index is 13.1. The Labute approximate surface area is 187 Å². The highest BCUT2D eigenvalue weighted by atomic mass is 19.1. The second-order valence-electron chi connectivity index (χ2n) is 7.95. The van der Waals surface area contributed by atoms with Crippen LogP contribution in [0.25, 0.3) is 0 Å². The molecule has 0 unspecified atom stereocenters. The molecule has 0 atom stereocenters. The first-order chi connectivity index (χ1) is 15.6. The van der Waals surface area contributed by atoms with E-state index in [4.69, 9.17) is 0 Å². The van der Waals surface area contributed by atoms with Crippen LogP contribution in [0.2, 0.25) is 0 Å². The Balaban J connectivity index is 1.32. The van der Waals surface area contributed by atoms with Gasteiger partial charge in [0.05, 0.1) is 0 Å². The van der Waals surface area contributed by atoms with Gasteiger partial charge in [-0.2, -0.15) is 0 Å². The fourth-order valence-corrected chi connectivity index (χ4v) is 3.85. The summed E-state index contributed by atoms with van der Waals surface area (Å²) in [6, 6.07) is 22.6. The van der Waals surface area contributed by atoms with Gasteiger partial charge in [-0.05, 0) is 60.5 Å². The average molecular weight is 432 g/mol. The molecule has 5 nitrogen and oxygen atoms in total. The van der Waals surface area contributed by atoms with Gasteiger partial charge in [0, 0.05) is 49.5 Å². The van der Waals surface area contributed by atoms with Gasteiger partial charge in [0.25, 0.3) is 11.8 Å². The number of amides is 2. The Bertz CT molecular complexity index is 1050. The number of benzene rings is 3. The summed E-state index contributed by atoms with van der Waals surface area (Å²) in [4.78, 5) is 29.4. The largest absolute Gasteiger partial charge is 0.337 e. The average Bonchev–Trinajstić information content (AvgIpc) is 3.07. The lowest BCUT2D eigenvalue weighted by Crippen LogP contribution is -2.35. The zero-order valence-corrected chi connectivity index (χ0v) is 17.8. The second kappa shape index (κ2) is 10.2. The maximum atomic E-state index is 13.1. The van der Waals surface area contributed by atoms with Crippen molar-refractivity contribution in [2.24, 2.45) is 0 Å². The molecule has 1 fully saturated rings. The van der Waals surface area contributed by atoms with Crippen LogP contribution < -0.4 is 5.32 Å². The molecule has 2 amide bonds. The number of nitrogens with zero attached hydrogens (tertiary/aromatic N) is 2. The van der Waals surface area contributed by atoms with E-state index in [2.05, 4.69) is 10.2 Å². The van der Waals surface area contributed by atoms with E-state index in [1.165, 1.54) is 12.1 Å². The molecule has 1 saturated heterocycles. The summed E-state index contributed by atoms with van der Waals surface area (Å²) in [5, 5.41) is 2.85. The Morgan fingerprint density at radius 3 is 2.22 bits per heavy atom. The zero-order valence-electron chi connectivity index (χ0n) is 17.8. The lowest BCUT2D eigenvalue weighted by Gasteiger charge is -2.22. The molecule has 0 spiro atoms. The molecular formula is C26H26FN3O2. The number of nitrogens with one attached hydrogen (secondary N) is 1. The van der Waals surface area contributed by atoms with Crippen molar-refractivity contribution in [3.8, 4) is 0 Å². The summed E-state index contributed by atoms with van der Waals surface area (Å²) in [5.74, 6) is -0.417. The van der Waals surface area contributed by atoms with Gasteiger partial charge >= 0.3 is 0 Å². The highest BCUT2D eigenvalue weighted by Crippen LogP contribution is 2.16. The van der Waals surface area contributed by atoms with Crippen molar-refractivity contribution in [3.63, 3.8) is 0 Å². The highest BCUT2D eigenvalue weighted by molar-refractivity contribution is 6.04. The molecule has 32 heavy (non-hydrogen) atoms. The number of rotatable bonds is 5.